The van der Waals surface area contributed by atoms with Gasteiger partial charge < -0.3 is 14.6 Å². The quantitative estimate of drug-likeness (QED) is 0.721. The molecule has 0 spiro atoms. The summed E-state index contributed by atoms with van der Waals surface area (Å²) in [5.74, 6) is -1.33. The Morgan fingerprint density at radius 3 is 2.62 bits per heavy atom. The fraction of sp³-hybridized carbons (Fsp3) is 0.267. The van der Waals surface area contributed by atoms with E-state index in [0.29, 0.717) is 31.2 Å². The van der Waals surface area contributed by atoms with Crippen molar-refractivity contribution in [1.29, 1.82) is 0 Å². The standard InChI is InChI=1S/C15H15NO5S3/c17-15(18)12(10-11-2-1-9-22-11)13-3-4-14(23-13)24(19,20)16-5-7-21-8-6-16/h1-4,9-10H,5-8H2,(H,17,18)/p-1/b12-10-. The first-order valence-electron chi connectivity index (χ1n) is 7.13. The lowest BCUT2D eigenvalue weighted by molar-refractivity contribution is -0.295. The lowest BCUT2D eigenvalue weighted by Crippen LogP contribution is -2.40. The lowest BCUT2D eigenvalue weighted by atomic mass is 10.2. The maximum absolute atomic E-state index is 12.6. The number of sulfonamides is 1. The molecule has 0 atom stereocenters. The molecule has 3 rings (SSSR count). The van der Waals surface area contributed by atoms with Crippen molar-refractivity contribution in [2.24, 2.45) is 0 Å². The maximum Gasteiger partial charge on any atom is 0.252 e. The predicted octanol–water partition coefficient (Wildman–Crippen LogP) is 1.12. The summed E-state index contributed by atoms with van der Waals surface area (Å²) in [6.07, 6.45) is 1.50. The Hall–Kier alpha value is -1.52. The Bertz CT molecular complexity index is 846. The van der Waals surface area contributed by atoms with Crippen LogP contribution < -0.4 is 5.11 Å². The molecule has 0 aromatic carbocycles. The van der Waals surface area contributed by atoms with Crippen LogP contribution in [0.25, 0.3) is 11.6 Å². The number of rotatable bonds is 5. The zero-order valence-corrected chi connectivity index (χ0v) is 15.0. The Kier molecular flexibility index (Phi) is 5.16. The van der Waals surface area contributed by atoms with Gasteiger partial charge in [0, 0.05) is 28.4 Å². The molecule has 0 unspecified atom stereocenters. The SMILES string of the molecule is O=C([O-])/C(=C\c1cccs1)c1ccc(S(=O)(=O)N2CCOCC2)s1. The highest BCUT2D eigenvalue weighted by atomic mass is 32.2. The van der Waals surface area contributed by atoms with E-state index in [2.05, 4.69) is 0 Å². The molecule has 0 N–H and O–H groups in total. The predicted molar refractivity (Wildman–Crippen MR) is 91.1 cm³/mol. The summed E-state index contributed by atoms with van der Waals surface area (Å²) in [6, 6.07) is 6.54. The molecule has 9 heteroatoms. The van der Waals surface area contributed by atoms with Gasteiger partial charge in [0.15, 0.2) is 0 Å². The Morgan fingerprint density at radius 2 is 2.00 bits per heavy atom. The number of ether oxygens (including phenoxy) is 1. The van der Waals surface area contributed by atoms with Gasteiger partial charge in [0.25, 0.3) is 10.0 Å². The van der Waals surface area contributed by atoms with Gasteiger partial charge in [-0.05, 0) is 29.7 Å². The third kappa shape index (κ3) is 3.60. The first kappa shape index (κ1) is 17.3. The molecule has 2 aromatic rings. The van der Waals surface area contributed by atoms with Crippen molar-refractivity contribution >= 4 is 50.3 Å². The second-order valence-electron chi connectivity index (χ2n) is 5.00. The molecule has 3 heterocycles. The number of carbonyl (C=O) groups is 1. The fourth-order valence-electron chi connectivity index (χ4n) is 2.26. The third-order valence-corrected chi connectivity index (χ3v) is 7.76. The van der Waals surface area contributed by atoms with E-state index in [1.165, 1.54) is 33.9 Å². The van der Waals surface area contributed by atoms with Crippen LogP contribution in [0.3, 0.4) is 0 Å². The van der Waals surface area contributed by atoms with Gasteiger partial charge in [0.05, 0.1) is 19.2 Å². The van der Waals surface area contributed by atoms with Crippen LogP contribution in [0.15, 0.2) is 33.9 Å². The topological polar surface area (TPSA) is 86.7 Å². The van der Waals surface area contributed by atoms with Crippen LogP contribution in [0.5, 0.6) is 0 Å². The van der Waals surface area contributed by atoms with Crippen LogP contribution in [-0.4, -0.2) is 45.0 Å². The molecular formula is C15H14NO5S3-. The zero-order valence-electron chi connectivity index (χ0n) is 12.5. The Balaban J connectivity index is 1.92. The summed E-state index contributed by atoms with van der Waals surface area (Å²) in [6.45, 7) is 1.32. The first-order chi connectivity index (χ1) is 11.5. The number of aliphatic carboxylic acids is 1. The molecule has 0 radical (unpaired) electrons. The van der Waals surface area contributed by atoms with E-state index in [1.807, 2.05) is 11.4 Å². The van der Waals surface area contributed by atoms with Crippen LogP contribution >= 0.6 is 22.7 Å². The van der Waals surface area contributed by atoms with E-state index >= 15 is 0 Å². The van der Waals surface area contributed by atoms with Gasteiger partial charge in [0.1, 0.15) is 4.21 Å². The molecule has 6 nitrogen and oxygen atoms in total. The summed E-state index contributed by atoms with van der Waals surface area (Å²) in [7, 11) is -3.63. The number of carbonyl (C=O) groups excluding carboxylic acids is 1. The third-order valence-electron chi connectivity index (χ3n) is 3.46. The van der Waals surface area contributed by atoms with Crippen LogP contribution in [-0.2, 0) is 19.6 Å². The molecule has 128 valence electrons. The summed E-state index contributed by atoms with van der Waals surface area (Å²) in [5, 5.41) is 13.3. The van der Waals surface area contributed by atoms with E-state index in [4.69, 9.17) is 4.74 Å². The minimum absolute atomic E-state index is 0.0223. The molecule has 1 aliphatic heterocycles. The van der Waals surface area contributed by atoms with Gasteiger partial charge >= 0.3 is 0 Å². The summed E-state index contributed by atoms with van der Waals surface area (Å²) < 4.78 is 31.9. The van der Waals surface area contributed by atoms with Crippen molar-refractivity contribution in [3.8, 4) is 0 Å². The summed E-state index contributed by atoms with van der Waals surface area (Å²) in [4.78, 5) is 12.6. The molecule has 24 heavy (non-hydrogen) atoms. The highest BCUT2D eigenvalue weighted by molar-refractivity contribution is 7.91. The molecular weight excluding hydrogens is 370 g/mol. The van der Waals surface area contributed by atoms with Crippen LogP contribution in [0, 0.1) is 0 Å². The van der Waals surface area contributed by atoms with Gasteiger partial charge in [-0.2, -0.15) is 4.31 Å². The van der Waals surface area contributed by atoms with Crippen LogP contribution in [0.2, 0.25) is 0 Å². The summed E-state index contributed by atoms with van der Waals surface area (Å²) in [5.41, 5.74) is -0.0223. The molecule has 1 fully saturated rings. The lowest BCUT2D eigenvalue weighted by Gasteiger charge is -2.25. The largest absolute Gasteiger partial charge is 0.545 e. The van der Waals surface area contributed by atoms with Crippen LogP contribution in [0.4, 0.5) is 0 Å². The van der Waals surface area contributed by atoms with Crippen molar-refractivity contribution in [1.82, 2.24) is 4.31 Å². The van der Waals surface area contributed by atoms with Crippen molar-refractivity contribution in [3.05, 3.63) is 39.4 Å². The number of carboxylic acids is 1. The molecule has 2 aromatic heterocycles. The van der Waals surface area contributed by atoms with E-state index in [0.717, 1.165) is 16.2 Å². The Morgan fingerprint density at radius 1 is 1.25 bits per heavy atom. The van der Waals surface area contributed by atoms with Crippen molar-refractivity contribution in [2.75, 3.05) is 26.3 Å². The average Bonchev–Trinajstić information content (AvgIpc) is 3.25. The van der Waals surface area contributed by atoms with Gasteiger partial charge in [-0.15, -0.1) is 22.7 Å². The summed E-state index contributed by atoms with van der Waals surface area (Å²) >= 11 is 2.33. The number of hydrogen-bond donors (Lipinski definition) is 0. The highest BCUT2D eigenvalue weighted by Crippen LogP contribution is 2.31. The zero-order chi connectivity index (χ0) is 17.2. The van der Waals surface area contributed by atoms with E-state index in [9.17, 15) is 18.3 Å². The Labute approximate surface area is 147 Å². The minimum atomic E-state index is -3.63. The normalized spacial score (nSPS) is 17.1. The smallest absolute Gasteiger partial charge is 0.252 e. The van der Waals surface area contributed by atoms with Gasteiger partial charge in [-0.3, -0.25) is 0 Å². The van der Waals surface area contributed by atoms with E-state index in [-0.39, 0.29) is 9.78 Å². The monoisotopic (exact) mass is 384 g/mol. The van der Waals surface area contributed by atoms with Gasteiger partial charge in [-0.1, -0.05) is 6.07 Å². The average molecular weight is 384 g/mol. The molecule has 0 bridgehead atoms. The molecule has 1 aliphatic rings. The van der Waals surface area contributed by atoms with E-state index in [1.54, 1.807) is 6.07 Å². The molecule has 0 amide bonds. The second kappa shape index (κ2) is 7.16. The van der Waals surface area contributed by atoms with Gasteiger partial charge in [0.2, 0.25) is 0 Å². The van der Waals surface area contributed by atoms with Crippen LogP contribution in [0.1, 0.15) is 9.75 Å². The second-order valence-corrected chi connectivity index (χ2v) is 9.22. The molecule has 1 saturated heterocycles. The van der Waals surface area contributed by atoms with Crippen molar-refractivity contribution < 1.29 is 23.1 Å². The van der Waals surface area contributed by atoms with Gasteiger partial charge in [-0.25, -0.2) is 8.42 Å². The number of morpholine rings is 1. The maximum atomic E-state index is 12.6. The van der Waals surface area contributed by atoms with Crippen molar-refractivity contribution in [3.63, 3.8) is 0 Å². The number of hydrogen-bond acceptors (Lipinski definition) is 7. The number of carboxylic acid groups (broad SMARTS) is 1. The first-order valence-corrected chi connectivity index (χ1v) is 10.3. The molecule has 0 aliphatic carbocycles. The number of nitrogens with zero attached hydrogens (tertiary/aromatic N) is 1. The highest BCUT2D eigenvalue weighted by Gasteiger charge is 2.28. The minimum Gasteiger partial charge on any atom is -0.545 e. The number of thiophene rings is 2. The fourth-order valence-corrected chi connectivity index (χ4v) is 5.79. The van der Waals surface area contributed by atoms with E-state index < -0.39 is 16.0 Å². The van der Waals surface area contributed by atoms with Crippen molar-refractivity contribution in [2.45, 2.75) is 4.21 Å². The molecule has 0 saturated carbocycles.